The molecule has 1 aliphatic rings. The smallest absolute Gasteiger partial charge is 0.217 e. The average molecular weight is 221 g/mol. The third-order valence-electron chi connectivity index (χ3n) is 2.75. The molecule has 0 saturated carbocycles. The van der Waals surface area contributed by atoms with Gasteiger partial charge in [0.1, 0.15) is 11.9 Å². The van der Waals surface area contributed by atoms with Gasteiger partial charge in [-0.3, -0.25) is 0 Å². The van der Waals surface area contributed by atoms with Crippen LogP contribution in [0.25, 0.3) is 0 Å². The van der Waals surface area contributed by atoms with Gasteiger partial charge in [0.2, 0.25) is 5.88 Å². The molecule has 0 radical (unpaired) electrons. The molecule has 1 fully saturated rings. The van der Waals surface area contributed by atoms with Gasteiger partial charge in [0, 0.05) is 11.8 Å². The summed E-state index contributed by atoms with van der Waals surface area (Å²) in [6.07, 6.45) is 3.63. The largest absolute Gasteiger partial charge is 0.474 e. The van der Waals surface area contributed by atoms with Crippen LogP contribution in [0, 0.1) is 13.8 Å². The molecule has 1 aromatic heterocycles. The zero-order chi connectivity index (χ0) is 11.4. The minimum absolute atomic E-state index is 0.295. The summed E-state index contributed by atoms with van der Waals surface area (Å²) in [6.45, 7) is 6.00. The Morgan fingerprint density at radius 3 is 2.94 bits per heavy atom. The predicted octanol–water partition coefficient (Wildman–Crippen LogP) is 1.61. The monoisotopic (exact) mass is 221 g/mol. The lowest BCUT2D eigenvalue weighted by atomic mass is 10.2. The van der Waals surface area contributed by atoms with Crippen molar-refractivity contribution in [3.8, 4) is 5.88 Å². The fraction of sp³-hybridized carbons (Fsp3) is 0.667. The van der Waals surface area contributed by atoms with Crippen molar-refractivity contribution in [2.75, 3.05) is 13.1 Å². The van der Waals surface area contributed by atoms with Gasteiger partial charge < -0.3 is 10.1 Å². The third kappa shape index (κ3) is 3.17. The number of nitrogens with one attached hydrogen (secondary N) is 1. The number of nitrogens with zero attached hydrogens (tertiary/aromatic N) is 2. The van der Waals surface area contributed by atoms with Crippen LogP contribution in [-0.4, -0.2) is 29.2 Å². The Balaban J connectivity index is 2.01. The van der Waals surface area contributed by atoms with E-state index in [4.69, 9.17) is 4.74 Å². The van der Waals surface area contributed by atoms with Crippen molar-refractivity contribution in [1.29, 1.82) is 0 Å². The van der Waals surface area contributed by atoms with Gasteiger partial charge in [-0.15, -0.1) is 0 Å². The predicted molar refractivity (Wildman–Crippen MR) is 62.6 cm³/mol. The molecule has 0 bridgehead atoms. The minimum Gasteiger partial charge on any atom is -0.474 e. The van der Waals surface area contributed by atoms with Crippen molar-refractivity contribution in [2.45, 2.75) is 39.2 Å². The normalized spacial score (nSPS) is 21.5. The fourth-order valence-corrected chi connectivity index (χ4v) is 2.02. The second kappa shape index (κ2) is 5.25. The first kappa shape index (κ1) is 11.3. The molecule has 1 saturated heterocycles. The van der Waals surface area contributed by atoms with Gasteiger partial charge in [-0.1, -0.05) is 0 Å². The Morgan fingerprint density at radius 1 is 1.25 bits per heavy atom. The van der Waals surface area contributed by atoms with E-state index in [1.807, 2.05) is 19.9 Å². The molecular formula is C12H19N3O. The second-order valence-corrected chi connectivity index (χ2v) is 4.32. The van der Waals surface area contributed by atoms with E-state index < -0.39 is 0 Å². The summed E-state index contributed by atoms with van der Waals surface area (Å²) in [5.74, 6) is 1.50. The number of aromatic nitrogens is 2. The fourth-order valence-electron chi connectivity index (χ4n) is 2.02. The molecule has 1 aliphatic heterocycles. The summed E-state index contributed by atoms with van der Waals surface area (Å²) in [7, 11) is 0. The van der Waals surface area contributed by atoms with Crippen molar-refractivity contribution in [2.24, 2.45) is 0 Å². The first-order chi connectivity index (χ1) is 7.74. The van der Waals surface area contributed by atoms with E-state index in [-0.39, 0.29) is 0 Å². The van der Waals surface area contributed by atoms with Crippen LogP contribution in [0.15, 0.2) is 6.07 Å². The standard InChI is InChI=1S/C12H19N3O/c1-9-8-12(15-10(2)14-9)16-11-4-3-6-13-7-5-11/h8,11,13H,3-7H2,1-2H3. The van der Waals surface area contributed by atoms with Crippen LogP contribution in [0.1, 0.15) is 30.8 Å². The van der Waals surface area contributed by atoms with Crippen LogP contribution in [0.2, 0.25) is 0 Å². The van der Waals surface area contributed by atoms with Gasteiger partial charge in [0.15, 0.2) is 0 Å². The molecule has 2 rings (SSSR count). The average Bonchev–Trinajstić information content (AvgIpc) is 2.44. The van der Waals surface area contributed by atoms with E-state index >= 15 is 0 Å². The molecule has 4 nitrogen and oxygen atoms in total. The Hall–Kier alpha value is -1.16. The van der Waals surface area contributed by atoms with E-state index in [1.165, 1.54) is 6.42 Å². The van der Waals surface area contributed by atoms with Crippen LogP contribution in [0.3, 0.4) is 0 Å². The third-order valence-corrected chi connectivity index (χ3v) is 2.75. The molecule has 16 heavy (non-hydrogen) atoms. The highest BCUT2D eigenvalue weighted by molar-refractivity contribution is 5.15. The molecule has 0 aliphatic carbocycles. The quantitative estimate of drug-likeness (QED) is 0.824. The molecular weight excluding hydrogens is 202 g/mol. The first-order valence-electron chi connectivity index (χ1n) is 5.94. The number of hydrogen-bond donors (Lipinski definition) is 1. The lowest BCUT2D eigenvalue weighted by molar-refractivity contribution is 0.179. The highest BCUT2D eigenvalue weighted by Crippen LogP contribution is 2.15. The summed E-state index contributed by atoms with van der Waals surface area (Å²) >= 11 is 0. The second-order valence-electron chi connectivity index (χ2n) is 4.32. The lowest BCUT2D eigenvalue weighted by Crippen LogP contribution is -2.20. The van der Waals surface area contributed by atoms with Gasteiger partial charge in [0.05, 0.1) is 0 Å². The lowest BCUT2D eigenvalue weighted by Gasteiger charge is -2.16. The van der Waals surface area contributed by atoms with Crippen LogP contribution in [0.4, 0.5) is 0 Å². The van der Waals surface area contributed by atoms with E-state index in [9.17, 15) is 0 Å². The molecule has 0 amide bonds. The Bertz CT molecular complexity index is 326. The molecule has 2 heterocycles. The van der Waals surface area contributed by atoms with Crippen LogP contribution in [0.5, 0.6) is 5.88 Å². The molecule has 1 aromatic rings. The summed E-state index contributed by atoms with van der Waals surface area (Å²) in [5.41, 5.74) is 0.967. The maximum atomic E-state index is 5.91. The zero-order valence-corrected chi connectivity index (χ0v) is 9.99. The zero-order valence-electron chi connectivity index (χ0n) is 9.99. The molecule has 1 atom stereocenters. The van der Waals surface area contributed by atoms with E-state index in [0.29, 0.717) is 6.10 Å². The van der Waals surface area contributed by atoms with Crippen molar-refractivity contribution in [1.82, 2.24) is 15.3 Å². The van der Waals surface area contributed by atoms with Crippen molar-refractivity contribution < 1.29 is 4.74 Å². The van der Waals surface area contributed by atoms with Crippen LogP contribution >= 0.6 is 0 Å². The van der Waals surface area contributed by atoms with Crippen molar-refractivity contribution in [3.05, 3.63) is 17.6 Å². The number of hydrogen-bond acceptors (Lipinski definition) is 4. The summed E-state index contributed by atoms with van der Waals surface area (Å²) < 4.78 is 5.91. The molecule has 88 valence electrons. The van der Waals surface area contributed by atoms with Gasteiger partial charge >= 0.3 is 0 Å². The topological polar surface area (TPSA) is 47.0 Å². The minimum atomic E-state index is 0.295. The molecule has 4 heteroatoms. The maximum Gasteiger partial charge on any atom is 0.217 e. The van der Waals surface area contributed by atoms with Gasteiger partial charge in [-0.25, -0.2) is 4.98 Å². The molecule has 1 N–H and O–H groups in total. The molecule has 0 spiro atoms. The maximum absolute atomic E-state index is 5.91. The Labute approximate surface area is 96.4 Å². The van der Waals surface area contributed by atoms with E-state index in [2.05, 4.69) is 15.3 Å². The highest BCUT2D eigenvalue weighted by Gasteiger charge is 2.14. The summed E-state index contributed by atoms with van der Waals surface area (Å²) in [5, 5.41) is 3.37. The van der Waals surface area contributed by atoms with Gasteiger partial charge in [0.25, 0.3) is 0 Å². The van der Waals surface area contributed by atoms with Gasteiger partial charge in [-0.2, -0.15) is 4.98 Å². The summed E-state index contributed by atoms with van der Waals surface area (Å²) in [6, 6.07) is 1.91. The SMILES string of the molecule is Cc1cc(OC2CCCNCC2)nc(C)n1. The molecule has 1 unspecified atom stereocenters. The van der Waals surface area contributed by atoms with Gasteiger partial charge in [-0.05, 0) is 46.2 Å². The van der Waals surface area contributed by atoms with E-state index in [1.54, 1.807) is 0 Å². The summed E-state index contributed by atoms with van der Waals surface area (Å²) in [4.78, 5) is 8.55. The number of aryl methyl sites for hydroxylation is 2. The number of rotatable bonds is 2. The first-order valence-corrected chi connectivity index (χ1v) is 5.94. The Morgan fingerprint density at radius 2 is 2.12 bits per heavy atom. The number of ether oxygens (including phenoxy) is 1. The van der Waals surface area contributed by atoms with E-state index in [0.717, 1.165) is 43.3 Å². The Kier molecular flexibility index (Phi) is 3.72. The molecule has 0 aromatic carbocycles. The van der Waals surface area contributed by atoms with Crippen molar-refractivity contribution >= 4 is 0 Å². The highest BCUT2D eigenvalue weighted by atomic mass is 16.5. The van der Waals surface area contributed by atoms with Crippen LogP contribution < -0.4 is 10.1 Å². The van der Waals surface area contributed by atoms with Crippen LogP contribution in [-0.2, 0) is 0 Å². The van der Waals surface area contributed by atoms with Crippen molar-refractivity contribution in [3.63, 3.8) is 0 Å².